The number of carbonyl (C=O) groups is 4. The van der Waals surface area contributed by atoms with Crippen LogP contribution >= 0.6 is 8.03 Å². The molecule has 3 amide bonds. The van der Waals surface area contributed by atoms with E-state index in [4.69, 9.17) is 14.0 Å². The lowest BCUT2D eigenvalue weighted by atomic mass is 9.86. The Morgan fingerprint density at radius 3 is 2.25 bits per heavy atom. The SMILES string of the molecule is COC(=O)C(CC(C)C)C[PH](=O)OC(CC1CCCCC1)NC(=O)[C@H](Cc1cn(-c2ccc([N+](=O)[O-])cc2[N+](=O)[O-])cn1)NC(=O)C(Cc1cccc2ccccc12)NC(=O)OCc1ccccc1. The van der Waals surface area contributed by atoms with Crippen LogP contribution in [-0.2, 0) is 52.4 Å². The van der Waals surface area contributed by atoms with Crippen LogP contribution in [0.15, 0.2) is 104 Å². The maximum atomic E-state index is 14.7. The monoisotopic (exact) mass is 967 g/mol. The molecule has 4 aromatic carbocycles. The van der Waals surface area contributed by atoms with Gasteiger partial charge in [0.1, 0.15) is 30.6 Å². The number of imidazole rings is 1. The van der Waals surface area contributed by atoms with Crippen molar-refractivity contribution >= 4 is 54.1 Å². The van der Waals surface area contributed by atoms with Gasteiger partial charge in [0.2, 0.25) is 11.8 Å². The van der Waals surface area contributed by atoms with E-state index in [9.17, 15) is 44.0 Å². The molecule has 0 radical (unpaired) electrons. The zero-order valence-electron chi connectivity index (χ0n) is 38.7. The number of nitrogens with zero attached hydrogens (tertiary/aromatic N) is 4. The van der Waals surface area contributed by atoms with Crippen LogP contribution in [0.5, 0.6) is 0 Å². The maximum absolute atomic E-state index is 14.7. The Hall–Kier alpha value is -6.98. The Morgan fingerprint density at radius 2 is 1.54 bits per heavy atom. The van der Waals surface area contributed by atoms with Crippen LogP contribution in [0.2, 0.25) is 0 Å². The number of hydrogen-bond donors (Lipinski definition) is 3. The van der Waals surface area contributed by atoms with E-state index in [1.807, 2.05) is 62.4 Å². The molecule has 0 saturated heterocycles. The fourth-order valence-corrected chi connectivity index (χ4v) is 9.92. The van der Waals surface area contributed by atoms with Gasteiger partial charge in [-0.2, -0.15) is 0 Å². The first-order chi connectivity index (χ1) is 33.2. The molecule has 19 nitrogen and oxygen atoms in total. The average Bonchev–Trinajstić information content (AvgIpc) is 3.81. The highest BCUT2D eigenvalue weighted by molar-refractivity contribution is 7.39. The van der Waals surface area contributed by atoms with E-state index in [2.05, 4.69) is 20.9 Å². The van der Waals surface area contributed by atoms with Gasteiger partial charge in [-0.3, -0.25) is 43.7 Å². The molecule has 6 rings (SSSR count). The summed E-state index contributed by atoms with van der Waals surface area (Å²) in [5.74, 6) is -2.54. The number of benzene rings is 4. The number of esters is 1. The number of hydrogen-bond acceptors (Lipinski definition) is 13. The molecule has 5 aromatic rings. The molecule has 0 spiro atoms. The van der Waals surface area contributed by atoms with Crippen molar-refractivity contribution in [1.82, 2.24) is 25.5 Å². The summed E-state index contributed by atoms with van der Waals surface area (Å²) in [4.78, 5) is 81.9. The largest absolute Gasteiger partial charge is 0.469 e. The number of fused-ring (bicyclic) bond motifs is 1. The number of aromatic nitrogens is 2. The molecule has 1 aromatic heterocycles. The van der Waals surface area contributed by atoms with Gasteiger partial charge in [-0.05, 0) is 52.6 Å². The van der Waals surface area contributed by atoms with Crippen molar-refractivity contribution in [1.29, 1.82) is 0 Å². The number of non-ortho nitro benzene ring substituents is 1. The first-order valence-corrected chi connectivity index (χ1v) is 24.5. The fourth-order valence-electron chi connectivity index (χ4n) is 8.62. The van der Waals surface area contributed by atoms with Crippen LogP contribution < -0.4 is 16.0 Å². The topological polar surface area (TPSA) is 253 Å². The number of amides is 3. The number of alkyl carbamates (subject to hydrolysis) is 1. The normalized spacial score (nSPS) is 15.0. The van der Waals surface area contributed by atoms with E-state index >= 15 is 0 Å². The minimum atomic E-state index is -2.97. The number of methoxy groups -OCH3 is 1. The van der Waals surface area contributed by atoms with E-state index < -0.39 is 77.4 Å². The number of rotatable bonds is 23. The smallest absolute Gasteiger partial charge is 0.408 e. The van der Waals surface area contributed by atoms with Crippen molar-refractivity contribution in [3.05, 3.63) is 141 Å². The highest BCUT2D eigenvalue weighted by Gasteiger charge is 2.33. The lowest BCUT2D eigenvalue weighted by molar-refractivity contribution is -0.394. The molecule has 4 unspecified atom stereocenters. The molecule has 1 aliphatic rings. The number of nitrogens with one attached hydrogen (secondary N) is 3. The van der Waals surface area contributed by atoms with Crippen molar-refractivity contribution in [2.75, 3.05) is 13.3 Å². The molecular formula is C49H58N7O12P. The van der Waals surface area contributed by atoms with Crippen molar-refractivity contribution in [2.45, 2.75) is 96.6 Å². The first kappa shape index (κ1) is 51.4. The molecule has 1 heterocycles. The molecule has 1 saturated carbocycles. The van der Waals surface area contributed by atoms with Crippen LogP contribution in [-0.4, -0.2) is 74.9 Å². The predicted octanol–water partition coefficient (Wildman–Crippen LogP) is 8.15. The summed E-state index contributed by atoms with van der Waals surface area (Å²) in [6, 6.07) is 22.5. The third-order valence-corrected chi connectivity index (χ3v) is 13.4. The van der Waals surface area contributed by atoms with E-state index in [1.165, 1.54) is 30.3 Å². The molecule has 366 valence electrons. The Bertz CT molecular complexity index is 2610. The van der Waals surface area contributed by atoms with Gasteiger partial charge in [0.25, 0.3) is 11.4 Å². The zero-order chi connectivity index (χ0) is 49.5. The standard InChI is InChI=1S/C49H58N7O12P/c1-32(2)23-37(48(59)66-3)30-69(65)68-45(24-33-13-6-4-7-14-33)53-47(58)42(26-38-28-54(31-50-38)43-22-21-39(55(61)62)27-44(43)56(63)64)51-46(57)41(52-49(60)67-29-34-15-8-5-9-16-34)25-36-19-12-18-35-17-10-11-20-40(35)36/h5,8-12,15-22,27-28,31-33,37,41-42,45,69H,4,6-7,13-14,23-26,29-30H2,1-3H3,(H,51,57)(H,52,60)(H,53,58)/t37?,41?,42-,45?/m0/s1. The molecule has 5 atom stereocenters. The number of nitro groups is 2. The minimum absolute atomic E-state index is 0.0203. The molecule has 20 heteroatoms. The van der Waals surface area contributed by atoms with E-state index in [0.29, 0.717) is 18.4 Å². The molecule has 1 aliphatic carbocycles. The lowest BCUT2D eigenvalue weighted by Crippen LogP contribution is -2.56. The summed E-state index contributed by atoms with van der Waals surface area (Å²) in [6.45, 7) is 3.78. The zero-order valence-corrected chi connectivity index (χ0v) is 39.7. The van der Waals surface area contributed by atoms with Crippen molar-refractivity contribution < 1.29 is 47.6 Å². The Labute approximate surface area is 399 Å². The molecule has 0 bridgehead atoms. The van der Waals surface area contributed by atoms with Gasteiger partial charge in [-0.15, -0.1) is 0 Å². The van der Waals surface area contributed by atoms with Gasteiger partial charge in [0.05, 0.1) is 41.0 Å². The minimum Gasteiger partial charge on any atom is -0.469 e. The van der Waals surface area contributed by atoms with E-state index in [-0.39, 0.29) is 48.8 Å². The lowest BCUT2D eigenvalue weighted by Gasteiger charge is -2.29. The van der Waals surface area contributed by atoms with Gasteiger partial charge in [-0.1, -0.05) is 119 Å². The molecule has 1 fully saturated rings. The number of carbonyl (C=O) groups excluding carboxylic acids is 4. The fraction of sp³-hybridized carbons (Fsp3) is 0.408. The second kappa shape index (κ2) is 24.9. The quantitative estimate of drug-likeness (QED) is 0.0184. The van der Waals surface area contributed by atoms with Gasteiger partial charge in [-0.25, -0.2) is 9.78 Å². The summed E-state index contributed by atoms with van der Waals surface area (Å²) in [5.41, 5.74) is 0.502. The van der Waals surface area contributed by atoms with E-state index in [1.54, 1.807) is 24.3 Å². The van der Waals surface area contributed by atoms with Gasteiger partial charge in [0.15, 0.2) is 8.03 Å². The Kier molecular flexibility index (Phi) is 18.5. The second-order valence-electron chi connectivity index (χ2n) is 17.6. The van der Waals surface area contributed by atoms with Crippen molar-refractivity contribution in [2.24, 2.45) is 17.8 Å². The predicted molar refractivity (Wildman–Crippen MR) is 257 cm³/mol. The molecule has 69 heavy (non-hydrogen) atoms. The number of nitro benzene ring substituents is 2. The Balaban J connectivity index is 1.32. The van der Waals surface area contributed by atoms with Crippen LogP contribution in [0.25, 0.3) is 16.5 Å². The van der Waals surface area contributed by atoms with Crippen LogP contribution in [0.4, 0.5) is 16.2 Å². The van der Waals surface area contributed by atoms with Gasteiger partial charge in [0, 0.05) is 31.3 Å². The Morgan fingerprint density at radius 1 is 0.841 bits per heavy atom. The highest BCUT2D eigenvalue weighted by atomic mass is 31.1. The van der Waals surface area contributed by atoms with Crippen LogP contribution in [0.3, 0.4) is 0 Å². The van der Waals surface area contributed by atoms with Crippen LogP contribution in [0.1, 0.15) is 75.6 Å². The van der Waals surface area contributed by atoms with Crippen molar-refractivity contribution in [3.8, 4) is 5.69 Å². The summed E-state index contributed by atoms with van der Waals surface area (Å²) in [6.07, 6.45) is 5.61. The van der Waals surface area contributed by atoms with Gasteiger partial charge >= 0.3 is 12.1 Å². The van der Waals surface area contributed by atoms with Gasteiger partial charge < -0.3 is 29.9 Å². The summed E-state index contributed by atoms with van der Waals surface area (Å²) < 4.78 is 31.7. The maximum Gasteiger partial charge on any atom is 0.408 e. The average molecular weight is 968 g/mol. The first-order valence-electron chi connectivity index (χ1n) is 22.9. The van der Waals surface area contributed by atoms with Crippen LogP contribution in [0, 0.1) is 38.0 Å². The van der Waals surface area contributed by atoms with Crippen molar-refractivity contribution in [3.63, 3.8) is 0 Å². The third-order valence-electron chi connectivity index (χ3n) is 12.0. The summed E-state index contributed by atoms with van der Waals surface area (Å²) >= 11 is 0. The third kappa shape index (κ3) is 15.0. The summed E-state index contributed by atoms with van der Waals surface area (Å²) in [7, 11) is -1.70. The summed E-state index contributed by atoms with van der Waals surface area (Å²) in [5, 5.41) is 33.6. The number of ether oxygens (including phenoxy) is 2. The second-order valence-corrected chi connectivity index (χ2v) is 19.0. The molecular weight excluding hydrogens is 910 g/mol. The molecule has 0 aliphatic heterocycles. The highest BCUT2D eigenvalue weighted by Crippen LogP contribution is 2.35. The molecule has 3 N–H and O–H groups in total. The van der Waals surface area contributed by atoms with E-state index in [0.717, 1.165) is 60.6 Å².